The summed E-state index contributed by atoms with van der Waals surface area (Å²) in [5, 5.41) is 1.22. The molecule has 0 saturated heterocycles. The van der Waals surface area contributed by atoms with E-state index < -0.39 is 0 Å². The van der Waals surface area contributed by atoms with Crippen molar-refractivity contribution in [1.82, 2.24) is 4.98 Å². The van der Waals surface area contributed by atoms with Crippen molar-refractivity contribution in [2.75, 3.05) is 0 Å². The van der Waals surface area contributed by atoms with Crippen LogP contribution < -0.4 is 3.87 Å². The van der Waals surface area contributed by atoms with Crippen LogP contribution in [0.5, 0.6) is 0 Å². The molecule has 14 heavy (non-hydrogen) atoms. The molecule has 0 unspecified atom stereocenters. The summed E-state index contributed by atoms with van der Waals surface area (Å²) >= 11 is 2.08. The molecular weight excluding hydrogens is 276 g/mol. The van der Waals surface area contributed by atoms with Crippen molar-refractivity contribution in [2.45, 2.75) is 0 Å². The topological polar surface area (TPSA) is 12.9 Å². The molecule has 0 bridgehead atoms. The average molecular weight is 285 g/mol. The van der Waals surface area contributed by atoms with Gasteiger partial charge < -0.3 is 0 Å². The first-order chi connectivity index (χ1) is 5.38. The molecule has 0 N–H and O–H groups in total. The van der Waals surface area contributed by atoms with Gasteiger partial charge >= 0.3 is 76.7 Å². The van der Waals surface area contributed by atoms with Gasteiger partial charge in [-0.25, -0.2) is 0 Å². The van der Waals surface area contributed by atoms with Crippen molar-refractivity contribution in [3.63, 3.8) is 0 Å². The van der Waals surface area contributed by atoms with Crippen LogP contribution in [-0.2, 0) is 20.4 Å². The summed E-state index contributed by atoms with van der Waals surface area (Å²) in [7, 11) is 0. The van der Waals surface area contributed by atoms with Gasteiger partial charge in [-0.3, -0.25) is 0 Å². The Morgan fingerprint density at radius 2 is 1.57 bits per heavy atom. The van der Waals surface area contributed by atoms with Gasteiger partial charge in [0.25, 0.3) is 0 Å². The minimum absolute atomic E-state index is 0. The Morgan fingerprint density at radius 3 is 2.21 bits per heavy atom. The molecule has 5 heteroatoms. The van der Waals surface area contributed by atoms with Crippen molar-refractivity contribution in [3.05, 3.63) is 36.5 Å². The molecule has 75 valence electrons. The van der Waals surface area contributed by atoms with Gasteiger partial charge in [0.15, 0.2) is 0 Å². The molecule has 0 spiro atoms. The molecule has 2 rings (SSSR count). The second kappa shape index (κ2) is 7.50. The first-order valence-electron chi connectivity index (χ1n) is 3.43. The Bertz CT molecular complexity index is 389. The number of rotatable bonds is 0. The van der Waals surface area contributed by atoms with E-state index in [4.69, 9.17) is 0 Å². The normalized spacial score (nSPS) is 7.93. The second-order valence-electron chi connectivity index (χ2n) is 2.38. The minimum atomic E-state index is 0. The molecule has 0 atom stereocenters. The Kier molecular flexibility index (Phi) is 8.91. The molecule has 1 heterocycles. The quantitative estimate of drug-likeness (QED) is 0.678. The third kappa shape index (κ3) is 3.41. The molecule has 0 amide bonds. The summed E-state index contributed by atoms with van der Waals surface area (Å²) in [5.74, 6) is 0. The fourth-order valence-corrected chi connectivity index (χ4v) is 1.58. The van der Waals surface area contributed by atoms with Crippen molar-refractivity contribution in [3.8, 4) is 0 Å². The monoisotopic (exact) mass is 284 g/mol. The molecule has 1 aromatic carbocycles. The van der Waals surface area contributed by atoms with Crippen LogP contribution in [0, 0.1) is 0 Å². The van der Waals surface area contributed by atoms with E-state index in [1.807, 2.05) is 12.3 Å². The predicted molar refractivity (Wildman–Crippen MR) is 63.1 cm³/mol. The van der Waals surface area contributed by atoms with Crippen molar-refractivity contribution < 1.29 is 20.4 Å². The summed E-state index contributed by atoms with van der Waals surface area (Å²) in [6.07, 6.45) is 1.83. The van der Waals surface area contributed by atoms with Gasteiger partial charge in [0.1, 0.15) is 0 Å². The SMILES string of the molecule is Cl.Cl.Cl.[Ti][c]1cccc2cccnc12. The van der Waals surface area contributed by atoms with Crippen LogP contribution in [0.15, 0.2) is 36.5 Å². The number of fused-ring (bicyclic) bond motifs is 1. The maximum atomic E-state index is 4.28. The van der Waals surface area contributed by atoms with Crippen LogP contribution in [0.25, 0.3) is 10.9 Å². The first-order valence-corrected chi connectivity index (χ1v) is 4.21. The van der Waals surface area contributed by atoms with Gasteiger partial charge in [0, 0.05) is 0 Å². The third-order valence-electron chi connectivity index (χ3n) is 1.63. The van der Waals surface area contributed by atoms with Crippen LogP contribution in [0.2, 0.25) is 0 Å². The van der Waals surface area contributed by atoms with E-state index in [0.29, 0.717) is 0 Å². The van der Waals surface area contributed by atoms with Crippen LogP contribution in [0.4, 0.5) is 0 Å². The van der Waals surface area contributed by atoms with Crippen molar-refractivity contribution in [2.24, 2.45) is 0 Å². The molecule has 1 nitrogen and oxygen atoms in total. The summed E-state index contributed by atoms with van der Waals surface area (Å²) in [5.41, 5.74) is 1.11. The number of hydrogen-bond donors (Lipinski definition) is 0. The molecule has 0 aliphatic carbocycles. The van der Waals surface area contributed by atoms with Crippen LogP contribution >= 0.6 is 37.2 Å². The second-order valence-corrected chi connectivity index (χ2v) is 3.22. The number of hydrogen-bond acceptors (Lipinski definition) is 1. The molecule has 0 fully saturated rings. The fraction of sp³-hybridized carbons (Fsp3) is 0. The van der Waals surface area contributed by atoms with Gasteiger partial charge in [-0.2, -0.15) is 0 Å². The third-order valence-corrected chi connectivity index (χ3v) is 2.26. The van der Waals surface area contributed by atoms with Gasteiger partial charge in [-0.05, 0) is 0 Å². The van der Waals surface area contributed by atoms with E-state index >= 15 is 0 Å². The molecular formula is C9H9Cl3NTi. The Morgan fingerprint density at radius 1 is 0.929 bits per heavy atom. The molecule has 0 radical (unpaired) electrons. The van der Waals surface area contributed by atoms with Gasteiger partial charge in [0.2, 0.25) is 0 Å². The van der Waals surface area contributed by atoms with Crippen LogP contribution in [0.3, 0.4) is 0 Å². The fourth-order valence-electron chi connectivity index (χ4n) is 1.10. The Hall–Kier alpha value is 0.214. The van der Waals surface area contributed by atoms with Gasteiger partial charge in [-0.1, -0.05) is 0 Å². The molecule has 2 aromatic rings. The summed E-state index contributed by atoms with van der Waals surface area (Å²) in [4.78, 5) is 4.28. The van der Waals surface area contributed by atoms with Crippen LogP contribution in [-0.4, -0.2) is 4.98 Å². The number of pyridine rings is 1. The molecule has 0 aliphatic rings. The molecule has 0 saturated carbocycles. The predicted octanol–water partition coefficient (Wildman–Crippen LogP) is 2.67. The van der Waals surface area contributed by atoms with E-state index in [1.165, 1.54) is 9.25 Å². The van der Waals surface area contributed by atoms with E-state index in [-0.39, 0.29) is 37.2 Å². The van der Waals surface area contributed by atoms with Crippen molar-refractivity contribution in [1.29, 1.82) is 0 Å². The van der Waals surface area contributed by atoms with Crippen molar-refractivity contribution >= 4 is 52.0 Å². The number of halogens is 3. The zero-order valence-corrected chi connectivity index (χ0v) is 11.1. The van der Waals surface area contributed by atoms with E-state index in [9.17, 15) is 0 Å². The molecule has 1 aromatic heterocycles. The van der Waals surface area contributed by atoms with Gasteiger partial charge in [-0.15, -0.1) is 37.2 Å². The summed E-state index contributed by atoms with van der Waals surface area (Å²) < 4.78 is 1.24. The standard InChI is InChI=1S/C9H6N.3ClH.Ti/c1-2-6-9-8(4-1)5-3-7-10-9;;;;/h1-5,7H;3*1H;. The maximum absolute atomic E-state index is 4.28. The Labute approximate surface area is 113 Å². The number of aromatic nitrogens is 1. The van der Waals surface area contributed by atoms with E-state index in [1.54, 1.807) is 0 Å². The van der Waals surface area contributed by atoms with Crippen LogP contribution in [0.1, 0.15) is 0 Å². The number of para-hydroxylation sites is 1. The number of benzene rings is 1. The summed E-state index contributed by atoms with van der Waals surface area (Å²) in [6, 6.07) is 10.3. The van der Waals surface area contributed by atoms with Gasteiger partial charge in [0.05, 0.1) is 0 Å². The average Bonchev–Trinajstić information content (AvgIpc) is 2.06. The summed E-state index contributed by atoms with van der Waals surface area (Å²) in [6.45, 7) is 0. The zero-order chi connectivity index (χ0) is 7.68. The molecule has 0 aliphatic heterocycles. The zero-order valence-electron chi connectivity index (χ0n) is 7.14. The number of nitrogens with zero attached hydrogens (tertiary/aromatic N) is 1. The van der Waals surface area contributed by atoms with E-state index in [2.05, 4.69) is 49.7 Å². The first kappa shape index (κ1) is 16.6. The Balaban J connectivity index is 0. The van der Waals surface area contributed by atoms with E-state index in [0.717, 1.165) is 5.52 Å².